The number of carbonyl (C=O) groups excluding carboxylic acids is 1. The number of hydrogen-bond acceptors (Lipinski definition) is 3. The van der Waals surface area contributed by atoms with E-state index in [1.807, 2.05) is 55.5 Å². The van der Waals surface area contributed by atoms with Crippen molar-refractivity contribution >= 4 is 11.6 Å². The molecular weight excluding hydrogens is 290 g/mol. The maximum atomic E-state index is 12.2. The number of nitrogens with one attached hydrogen (secondary N) is 1. The highest BCUT2D eigenvalue weighted by Crippen LogP contribution is 2.24. The SMILES string of the molecule is CCn1cc(C(=O)Nc2cccc(Oc3ccccc3)c2)cn1. The van der Waals surface area contributed by atoms with Crippen molar-refractivity contribution in [3.63, 3.8) is 0 Å². The molecule has 5 nitrogen and oxygen atoms in total. The molecule has 0 saturated heterocycles. The highest BCUT2D eigenvalue weighted by Gasteiger charge is 2.09. The lowest BCUT2D eigenvalue weighted by molar-refractivity contribution is 0.102. The Balaban J connectivity index is 1.71. The van der Waals surface area contributed by atoms with E-state index in [9.17, 15) is 4.79 Å². The molecular formula is C18H17N3O2. The first-order valence-electron chi connectivity index (χ1n) is 7.41. The van der Waals surface area contributed by atoms with E-state index in [1.165, 1.54) is 0 Å². The van der Waals surface area contributed by atoms with E-state index < -0.39 is 0 Å². The molecule has 0 bridgehead atoms. The van der Waals surface area contributed by atoms with Crippen LogP contribution in [0.25, 0.3) is 0 Å². The summed E-state index contributed by atoms with van der Waals surface area (Å²) in [5, 5.41) is 6.95. The van der Waals surface area contributed by atoms with Gasteiger partial charge in [0.2, 0.25) is 0 Å². The van der Waals surface area contributed by atoms with Gasteiger partial charge in [0.15, 0.2) is 0 Å². The van der Waals surface area contributed by atoms with Crippen LogP contribution in [0.5, 0.6) is 11.5 Å². The zero-order chi connectivity index (χ0) is 16.1. The van der Waals surface area contributed by atoms with Gasteiger partial charge in [0, 0.05) is 24.5 Å². The highest BCUT2D eigenvalue weighted by molar-refractivity contribution is 6.04. The van der Waals surface area contributed by atoms with Gasteiger partial charge in [-0.25, -0.2) is 0 Å². The average Bonchev–Trinajstić information content (AvgIpc) is 3.05. The molecule has 1 aromatic heterocycles. The number of para-hydroxylation sites is 1. The Morgan fingerprint density at radius 2 is 1.91 bits per heavy atom. The molecule has 0 spiro atoms. The second-order valence-corrected chi connectivity index (χ2v) is 4.98. The zero-order valence-corrected chi connectivity index (χ0v) is 12.8. The van der Waals surface area contributed by atoms with E-state index in [0.29, 0.717) is 17.0 Å². The van der Waals surface area contributed by atoms with Gasteiger partial charge >= 0.3 is 0 Å². The van der Waals surface area contributed by atoms with E-state index >= 15 is 0 Å². The number of ether oxygens (including phenoxy) is 1. The summed E-state index contributed by atoms with van der Waals surface area (Å²) in [5.74, 6) is 1.22. The van der Waals surface area contributed by atoms with Crippen LogP contribution in [-0.2, 0) is 6.54 Å². The monoisotopic (exact) mass is 307 g/mol. The average molecular weight is 307 g/mol. The summed E-state index contributed by atoms with van der Waals surface area (Å²) >= 11 is 0. The van der Waals surface area contributed by atoms with E-state index in [0.717, 1.165) is 12.3 Å². The lowest BCUT2D eigenvalue weighted by Gasteiger charge is -2.08. The van der Waals surface area contributed by atoms with Crippen LogP contribution < -0.4 is 10.1 Å². The second-order valence-electron chi connectivity index (χ2n) is 4.98. The van der Waals surface area contributed by atoms with Gasteiger partial charge in [0.1, 0.15) is 11.5 Å². The van der Waals surface area contributed by atoms with Gasteiger partial charge in [-0.15, -0.1) is 0 Å². The first-order valence-corrected chi connectivity index (χ1v) is 7.41. The third kappa shape index (κ3) is 3.77. The first-order chi connectivity index (χ1) is 11.2. The Morgan fingerprint density at radius 1 is 1.13 bits per heavy atom. The fourth-order valence-corrected chi connectivity index (χ4v) is 2.12. The summed E-state index contributed by atoms with van der Waals surface area (Å²) in [7, 11) is 0. The van der Waals surface area contributed by atoms with Gasteiger partial charge in [-0.2, -0.15) is 5.10 Å². The zero-order valence-electron chi connectivity index (χ0n) is 12.8. The van der Waals surface area contributed by atoms with Crippen LogP contribution in [0.2, 0.25) is 0 Å². The van der Waals surface area contributed by atoms with Crippen LogP contribution in [0.4, 0.5) is 5.69 Å². The molecule has 1 amide bonds. The summed E-state index contributed by atoms with van der Waals surface area (Å²) < 4.78 is 7.47. The molecule has 5 heteroatoms. The maximum absolute atomic E-state index is 12.2. The van der Waals surface area contributed by atoms with Crippen molar-refractivity contribution in [3.8, 4) is 11.5 Å². The normalized spacial score (nSPS) is 10.3. The molecule has 0 unspecified atom stereocenters. The van der Waals surface area contributed by atoms with E-state index in [-0.39, 0.29) is 5.91 Å². The molecule has 1 N–H and O–H groups in total. The van der Waals surface area contributed by atoms with Crippen LogP contribution in [0, 0.1) is 0 Å². The summed E-state index contributed by atoms with van der Waals surface area (Å²) in [6.45, 7) is 2.70. The Morgan fingerprint density at radius 3 is 2.65 bits per heavy atom. The highest BCUT2D eigenvalue weighted by atomic mass is 16.5. The third-order valence-electron chi connectivity index (χ3n) is 3.29. The Kier molecular flexibility index (Phi) is 4.38. The lowest BCUT2D eigenvalue weighted by atomic mass is 10.2. The number of nitrogens with zero attached hydrogens (tertiary/aromatic N) is 2. The van der Waals surface area contributed by atoms with Crippen LogP contribution in [-0.4, -0.2) is 15.7 Å². The number of anilines is 1. The summed E-state index contributed by atoms with van der Waals surface area (Å²) in [4.78, 5) is 12.2. The Bertz CT molecular complexity index is 797. The van der Waals surface area contributed by atoms with E-state index in [2.05, 4.69) is 10.4 Å². The largest absolute Gasteiger partial charge is 0.457 e. The smallest absolute Gasteiger partial charge is 0.258 e. The third-order valence-corrected chi connectivity index (χ3v) is 3.29. The Labute approximate surface area is 134 Å². The fraction of sp³-hybridized carbons (Fsp3) is 0.111. The molecule has 116 valence electrons. The van der Waals surface area contributed by atoms with Crippen molar-refractivity contribution in [2.75, 3.05) is 5.32 Å². The van der Waals surface area contributed by atoms with Crippen molar-refractivity contribution in [1.29, 1.82) is 0 Å². The van der Waals surface area contributed by atoms with Gasteiger partial charge in [-0.05, 0) is 31.2 Å². The summed E-state index contributed by atoms with van der Waals surface area (Å²) in [5.41, 5.74) is 1.20. The van der Waals surface area contributed by atoms with Gasteiger partial charge in [0.25, 0.3) is 5.91 Å². The number of benzene rings is 2. The summed E-state index contributed by atoms with van der Waals surface area (Å²) in [6, 6.07) is 16.8. The lowest BCUT2D eigenvalue weighted by Crippen LogP contribution is -2.11. The second kappa shape index (κ2) is 6.79. The van der Waals surface area contributed by atoms with Crippen molar-refractivity contribution in [2.24, 2.45) is 0 Å². The van der Waals surface area contributed by atoms with Gasteiger partial charge in [0.05, 0.1) is 11.8 Å². The molecule has 1 heterocycles. The minimum Gasteiger partial charge on any atom is -0.457 e. The molecule has 2 aromatic carbocycles. The molecule has 0 saturated carbocycles. The van der Waals surface area contributed by atoms with Crippen LogP contribution >= 0.6 is 0 Å². The number of carbonyl (C=O) groups is 1. The molecule has 23 heavy (non-hydrogen) atoms. The number of aromatic nitrogens is 2. The number of hydrogen-bond donors (Lipinski definition) is 1. The molecule has 0 atom stereocenters. The fourth-order valence-electron chi connectivity index (χ4n) is 2.12. The van der Waals surface area contributed by atoms with Gasteiger partial charge in [-0.3, -0.25) is 9.48 Å². The number of aryl methyl sites for hydroxylation is 1. The van der Waals surface area contributed by atoms with Crippen molar-refractivity contribution < 1.29 is 9.53 Å². The molecule has 0 aliphatic rings. The van der Waals surface area contributed by atoms with Crippen molar-refractivity contribution in [3.05, 3.63) is 72.6 Å². The van der Waals surface area contributed by atoms with E-state index in [1.54, 1.807) is 23.1 Å². The first kappa shape index (κ1) is 14.8. The standard InChI is InChI=1S/C18H17N3O2/c1-2-21-13-14(12-19-21)18(22)20-15-7-6-10-17(11-15)23-16-8-4-3-5-9-16/h3-13H,2H2,1H3,(H,20,22). The van der Waals surface area contributed by atoms with Gasteiger partial charge < -0.3 is 10.1 Å². The quantitative estimate of drug-likeness (QED) is 0.776. The molecule has 0 radical (unpaired) electrons. The van der Waals surface area contributed by atoms with Crippen LogP contribution in [0.3, 0.4) is 0 Å². The molecule has 0 aliphatic carbocycles. The van der Waals surface area contributed by atoms with Gasteiger partial charge in [-0.1, -0.05) is 24.3 Å². The predicted molar refractivity (Wildman–Crippen MR) is 88.8 cm³/mol. The van der Waals surface area contributed by atoms with Crippen molar-refractivity contribution in [1.82, 2.24) is 9.78 Å². The maximum Gasteiger partial charge on any atom is 0.258 e. The molecule has 3 rings (SSSR count). The van der Waals surface area contributed by atoms with E-state index in [4.69, 9.17) is 4.74 Å². The summed E-state index contributed by atoms with van der Waals surface area (Å²) in [6.07, 6.45) is 3.28. The predicted octanol–water partition coefficient (Wildman–Crippen LogP) is 3.95. The Hall–Kier alpha value is -3.08. The van der Waals surface area contributed by atoms with Crippen molar-refractivity contribution in [2.45, 2.75) is 13.5 Å². The minimum atomic E-state index is -0.193. The number of amides is 1. The molecule has 3 aromatic rings. The van der Waals surface area contributed by atoms with Crippen LogP contribution in [0.1, 0.15) is 17.3 Å². The number of rotatable bonds is 5. The van der Waals surface area contributed by atoms with Crippen LogP contribution in [0.15, 0.2) is 67.0 Å². The molecule has 0 fully saturated rings. The minimum absolute atomic E-state index is 0.193. The molecule has 0 aliphatic heterocycles. The topological polar surface area (TPSA) is 56.2 Å².